The molecule has 2 rings (SSSR count). The first kappa shape index (κ1) is 17.9. The van der Waals surface area contributed by atoms with Gasteiger partial charge in [0.05, 0.1) is 4.90 Å². The Morgan fingerprint density at radius 3 is 1.92 bits per heavy atom. The molecule has 0 aliphatic carbocycles. The summed E-state index contributed by atoms with van der Waals surface area (Å²) in [5, 5.41) is 0. The van der Waals surface area contributed by atoms with Gasteiger partial charge in [-0.1, -0.05) is 6.92 Å². The smallest absolute Gasteiger partial charge is 0.332 e. The number of rotatable bonds is 4. The molecule has 1 aliphatic heterocycles. The minimum atomic E-state index is -4.19. The van der Waals surface area contributed by atoms with Crippen LogP contribution in [0.15, 0.2) is 29.2 Å². The lowest BCUT2D eigenvalue weighted by Crippen LogP contribution is -2.73. The highest BCUT2D eigenvalue weighted by Crippen LogP contribution is 2.26. The molecule has 1 saturated heterocycles. The van der Waals surface area contributed by atoms with Crippen molar-refractivity contribution in [2.45, 2.75) is 23.8 Å². The van der Waals surface area contributed by atoms with Crippen molar-refractivity contribution in [3.8, 4) is 0 Å². The van der Waals surface area contributed by atoms with Gasteiger partial charge in [0.15, 0.2) is 5.54 Å². The van der Waals surface area contributed by atoms with Crippen LogP contribution in [0.1, 0.15) is 13.3 Å². The van der Waals surface area contributed by atoms with Crippen molar-refractivity contribution in [2.75, 3.05) is 19.8 Å². The number of nitrogens with zero attached hydrogens (tertiary/aromatic N) is 2. The molecule has 9 nitrogen and oxygen atoms in total. The lowest BCUT2D eigenvalue weighted by molar-refractivity contribution is -0.150. The quantitative estimate of drug-likeness (QED) is 0.566. The van der Waals surface area contributed by atoms with Crippen molar-refractivity contribution in [2.24, 2.45) is 0 Å². The minimum Gasteiger partial charge on any atom is -0.399 e. The van der Waals surface area contributed by atoms with E-state index in [0.717, 1.165) is 9.80 Å². The van der Waals surface area contributed by atoms with Gasteiger partial charge in [0.25, 0.3) is 11.8 Å². The van der Waals surface area contributed by atoms with Gasteiger partial charge in [-0.2, -0.15) is 4.72 Å². The summed E-state index contributed by atoms with van der Waals surface area (Å²) in [7, 11) is -1.81. The molecule has 0 aromatic heterocycles. The summed E-state index contributed by atoms with van der Waals surface area (Å²) >= 11 is 0. The molecule has 0 bridgehead atoms. The Kier molecular flexibility index (Phi) is 4.38. The standard InChI is InChI=1S/C14H18N4O5S/c1-4-14(11(19)17(2)13(21)18(3)12(14)20)16-24(22,23)10-7-5-9(15)6-8-10/h5-8,16H,4,15H2,1-3H3. The highest BCUT2D eigenvalue weighted by atomic mass is 32.2. The molecule has 0 radical (unpaired) electrons. The zero-order valence-corrected chi connectivity index (χ0v) is 14.3. The highest BCUT2D eigenvalue weighted by Gasteiger charge is 2.56. The van der Waals surface area contributed by atoms with E-state index in [2.05, 4.69) is 4.72 Å². The van der Waals surface area contributed by atoms with E-state index in [1.165, 1.54) is 45.3 Å². The van der Waals surface area contributed by atoms with Crippen LogP contribution >= 0.6 is 0 Å². The molecule has 0 unspecified atom stereocenters. The van der Waals surface area contributed by atoms with E-state index in [4.69, 9.17) is 5.73 Å². The number of carbonyl (C=O) groups excluding carboxylic acids is 3. The van der Waals surface area contributed by atoms with Gasteiger partial charge in [-0.05, 0) is 30.7 Å². The van der Waals surface area contributed by atoms with Crippen molar-refractivity contribution in [3.63, 3.8) is 0 Å². The van der Waals surface area contributed by atoms with Crippen LogP contribution in [-0.2, 0) is 19.6 Å². The number of benzene rings is 1. The number of hydrogen-bond acceptors (Lipinski definition) is 6. The van der Waals surface area contributed by atoms with E-state index < -0.39 is 33.4 Å². The fraction of sp³-hybridized carbons (Fsp3) is 0.357. The maximum absolute atomic E-state index is 12.6. The van der Waals surface area contributed by atoms with Crippen LogP contribution < -0.4 is 10.5 Å². The third-order valence-electron chi connectivity index (χ3n) is 3.94. The average molecular weight is 354 g/mol. The Labute approximate surface area is 139 Å². The van der Waals surface area contributed by atoms with Gasteiger partial charge in [0, 0.05) is 19.8 Å². The van der Waals surface area contributed by atoms with Gasteiger partial charge in [-0.25, -0.2) is 13.2 Å². The number of nitrogen functional groups attached to an aromatic ring is 1. The van der Waals surface area contributed by atoms with Gasteiger partial charge >= 0.3 is 6.03 Å². The first-order chi connectivity index (χ1) is 11.1. The largest absolute Gasteiger partial charge is 0.399 e. The van der Waals surface area contributed by atoms with Gasteiger partial charge in [0.2, 0.25) is 10.0 Å². The lowest BCUT2D eigenvalue weighted by atomic mass is 9.92. The van der Waals surface area contributed by atoms with Crippen LogP contribution in [0.5, 0.6) is 0 Å². The molecule has 1 aromatic rings. The second-order valence-electron chi connectivity index (χ2n) is 5.44. The molecule has 1 heterocycles. The summed E-state index contributed by atoms with van der Waals surface area (Å²) in [5.74, 6) is -1.84. The van der Waals surface area contributed by atoms with Gasteiger partial charge < -0.3 is 5.73 Å². The van der Waals surface area contributed by atoms with E-state index >= 15 is 0 Å². The van der Waals surface area contributed by atoms with Crippen molar-refractivity contribution in [3.05, 3.63) is 24.3 Å². The summed E-state index contributed by atoms with van der Waals surface area (Å²) < 4.78 is 27.3. The molecule has 0 saturated carbocycles. The van der Waals surface area contributed by atoms with Crippen LogP contribution in [0.4, 0.5) is 10.5 Å². The third kappa shape index (κ3) is 2.63. The number of anilines is 1. The topological polar surface area (TPSA) is 130 Å². The maximum Gasteiger partial charge on any atom is 0.332 e. The number of barbiturate groups is 1. The SMILES string of the molecule is CCC1(NS(=O)(=O)c2ccc(N)cc2)C(=O)N(C)C(=O)N(C)C1=O. The number of imide groups is 2. The third-order valence-corrected chi connectivity index (χ3v) is 5.45. The lowest BCUT2D eigenvalue weighted by Gasteiger charge is -2.41. The number of urea groups is 1. The van der Waals surface area contributed by atoms with E-state index in [-0.39, 0.29) is 11.3 Å². The molecule has 24 heavy (non-hydrogen) atoms. The normalized spacial score (nSPS) is 18.2. The Morgan fingerprint density at radius 2 is 1.50 bits per heavy atom. The Morgan fingerprint density at radius 1 is 1.04 bits per heavy atom. The Balaban J connectivity index is 2.50. The van der Waals surface area contributed by atoms with Gasteiger partial charge in [-0.3, -0.25) is 19.4 Å². The van der Waals surface area contributed by atoms with Crippen LogP contribution in [-0.4, -0.2) is 55.7 Å². The monoisotopic (exact) mass is 354 g/mol. The summed E-state index contributed by atoms with van der Waals surface area (Å²) in [6, 6.07) is 4.48. The molecular formula is C14H18N4O5S. The summed E-state index contributed by atoms with van der Waals surface area (Å²) in [6.45, 7) is 1.48. The fourth-order valence-electron chi connectivity index (χ4n) is 2.46. The van der Waals surface area contributed by atoms with Crippen molar-refractivity contribution < 1.29 is 22.8 Å². The summed E-state index contributed by atoms with van der Waals surface area (Å²) in [6.07, 6.45) is -0.152. The molecular weight excluding hydrogens is 336 g/mol. The fourth-order valence-corrected chi connectivity index (χ4v) is 3.85. The molecule has 130 valence electrons. The number of hydrogen-bond donors (Lipinski definition) is 2. The zero-order chi connectivity index (χ0) is 18.3. The van der Waals surface area contributed by atoms with Crippen molar-refractivity contribution >= 4 is 33.6 Å². The molecule has 0 spiro atoms. The predicted octanol–water partition coefficient (Wildman–Crippen LogP) is -0.254. The number of amides is 4. The second-order valence-corrected chi connectivity index (χ2v) is 7.13. The number of likely N-dealkylation sites (N-methyl/N-ethyl adjacent to an activating group) is 2. The van der Waals surface area contributed by atoms with E-state index in [1.807, 2.05) is 0 Å². The van der Waals surface area contributed by atoms with Crippen LogP contribution in [0.25, 0.3) is 0 Å². The summed E-state index contributed by atoms with van der Waals surface area (Å²) in [4.78, 5) is 38.2. The van der Waals surface area contributed by atoms with E-state index in [1.54, 1.807) is 0 Å². The zero-order valence-electron chi connectivity index (χ0n) is 13.4. The molecule has 10 heteroatoms. The van der Waals surface area contributed by atoms with Gasteiger partial charge in [0.1, 0.15) is 0 Å². The molecule has 1 aliphatic rings. The van der Waals surface area contributed by atoms with Crippen LogP contribution in [0, 0.1) is 0 Å². The van der Waals surface area contributed by atoms with E-state index in [9.17, 15) is 22.8 Å². The Hall–Kier alpha value is -2.46. The van der Waals surface area contributed by atoms with Crippen LogP contribution in [0.3, 0.4) is 0 Å². The first-order valence-electron chi connectivity index (χ1n) is 7.06. The number of nitrogens with two attached hydrogens (primary N) is 1. The Bertz CT molecular complexity index is 779. The molecule has 1 aromatic carbocycles. The average Bonchev–Trinajstić information content (AvgIpc) is 2.55. The second kappa shape index (κ2) is 5.87. The first-order valence-corrected chi connectivity index (χ1v) is 8.55. The number of nitrogens with one attached hydrogen (secondary N) is 1. The minimum absolute atomic E-state index is 0.146. The number of sulfonamides is 1. The van der Waals surface area contributed by atoms with Crippen molar-refractivity contribution in [1.82, 2.24) is 14.5 Å². The molecule has 4 amide bonds. The predicted molar refractivity (Wildman–Crippen MR) is 85.1 cm³/mol. The van der Waals surface area contributed by atoms with E-state index in [0.29, 0.717) is 5.69 Å². The highest BCUT2D eigenvalue weighted by molar-refractivity contribution is 7.89. The molecule has 1 fully saturated rings. The summed E-state index contributed by atoms with van der Waals surface area (Å²) in [5.41, 5.74) is 3.83. The van der Waals surface area contributed by atoms with Crippen molar-refractivity contribution in [1.29, 1.82) is 0 Å². The number of carbonyl (C=O) groups is 3. The maximum atomic E-state index is 12.6. The molecule has 0 atom stereocenters. The van der Waals surface area contributed by atoms with Gasteiger partial charge in [-0.15, -0.1) is 0 Å². The van der Waals surface area contributed by atoms with Crippen LogP contribution in [0.2, 0.25) is 0 Å². The molecule has 3 N–H and O–H groups in total.